The number of hydrogen-bond acceptors (Lipinski definition) is 1. The Bertz CT molecular complexity index is 215. The van der Waals surface area contributed by atoms with Gasteiger partial charge in [0.1, 0.15) is 0 Å². The Kier molecular flexibility index (Phi) is 4.90. The summed E-state index contributed by atoms with van der Waals surface area (Å²) in [7, 11) is 0. The second kappa shape index (κ2) is 6.44. The van der Waals surface area contributed by atoms with Crippen LogP contribution in [0.4, 0.5) is 0 Å². The minimum atomic E-state index is -0.0589. The first-order valence-electron chi connectivity index (χ1n) is 7.21. The van der Waals surface area contributed by atoms with Crippen LogP contribution in [0.1, 0.15) is 64.2 Å². The van der Waals surface area contributed by atoms with E-state index in [1.54, 1.807) is 0 Å². The lowest BCUT2D eigenvalue weighted by atomic mass is 9.84. The molecule has 0 amide bonds. The summed E-state index contributed by atoms with van der Waals surface area (Å²) in [6.45, 7) is 0. The molecule has 0 saturated heterocycles. The fourth-order valence-corrected chi connectivity index (χ4v) is 3.23. The van der Waals surface area contributed by atoms with Gasteiger partial charge in [-0.05, 0) is 25.2 Å². The molecule has 0 aliphatic heterocycles. The summed E-state index contributed by atoms with van der Waals surface area (Å²) in [4.78, 5) is 0. The molecular formula is C15H26O. The summed E-state index contributed by atoms with van der Waals surface area (Å²) in [5.41, 5.74) is 0. The minimum absolute atomic E-state index is 0.0589. The molecule has 0 radical (unpaired) electrons. The Morgan fingerprint density at radius 2 is 1.56 bits per heavy atom. The van der Waals surface area contributed by atoms with Gasteiger partial charge in [-0.1, -0.05) is 57.1 Å². The molecule has 1 nitrogen and oxygen atoms in total. The lowest BCUT2D eigenvalue weighted by Gasteiger charge is -2.25. The first-order valence-corrected chi connectivity index (χ1v) is 7.21. The molecule has 2 aliphatic carbocycles. The topological polar surface area (TPSA) is 20.2 Å². The van der Waals surface area contributed by atoms with Crippen LogP contribution in [0.3, 0.4) is 0 Å². The molecule has 0 aromatic rings. The molecular weight excluding hydrogens is 196 g/mol. The van der Waals surface area contributed by atoms with Gasteiger partial charge in [-0.2, -0.15) is 0 Å². The van der Waals surface area contributed by atoms with Crippen molar-refractivity contribution in [1.82, 2.24) is 0 Å². The molecule has 2 aliphatic rings. The Morgan fingerprint density at radius 1 is 0.875 bits per heavy atom. The largest absolute Gasteiger partial charge is 0.393 e. The standard InChI is InChI=1S/C15H26O/c16-15-12-5-4-10-14(15)11-6-9-13-7-2-1-3-8-13/h6,11,13-16H,1-5,7-10,12H2. The molecule has 92 valence electrons. The maximum Gasteiger partial charge on any atom is 0.0602 e. The molecule has 2 atom stereocenters. The third-order valence-corrected chi connectivity index (χ3v) is 4.36. The SMILES string of the molecule is OC1CCCCC1C=CCC1CCCCC1. The first-order chi connectivity index (χ1) is 7.86. The molecule has 0 heterocycles. The van der Waals surface area contributed by atoms with Crippen LogP contribution in [0.2, 0.25) is 0 Å². The Hall–Kier alpha value is -0.300. The van der Waals surface area contributed by atoms with E-state index < -0.39 is 0 Å². The van der Waals surface area contributed by atoms with Gasteiger partial charge in [0.2, 0.25) is 0 Å². The molecule has 2 saturated carbocycles. The van der Waals surface area contributed by atoms with Gasteiger partial charge >= 0.3 is 0 Å². The molecule has 2 rings (SSSR count). The quantitative estimate of drug-likeness (QED) is 0.714. The fraction of sp³-hybridized carbons (Fsp3) is 0.867. The molecule has 2 unspecified atom stereocenters. The maximum atomic E-state index is 9.85. The highest BCUT2D eigenvalue weighted by Gasteiger charge is 2.20. The summed E-state index contributed by atoms with van der Waals surface area (Å²) in [6, 6.07) is 0. The minimum Gasteiger partial charge on any atom is -0.393 e. The summed E-state index contributed by atoms with van der Waals surface area (Å²) < 4.78 is 0. The molecule has 1 heteroatoms. The predicted octanol–water partition coefficient (Wildman–Crippen LogP) is 4.06. The lowest BCUT2D eigenvalue weighted by molar-refractivity contribution is 0.0925. The zero-order chi connectivity index (χ0) is 11.2. The van der Waals surface area contributed by atoms with Crippen LogP contribution in [0.5, 0.6) is 0 Å². The van der Waals surface area contributed by atoms with Crippen LogP contribution in [-0.4, -0.2) is 11.2 Å². The van der Waals surface area contributed by atoms with Crippen LogP contribution in [0.15, 0.2) is 12.2 Å². The molecule has 16 heavy (non-hydrogen) atoms. The van der Waals surface area contributed by atoms with Gasteiger partial charge in [-0.15, -0.1) is 0 Å². The Morgan fingerprint density at radius 3 is 2.31 bits per heavy atom. The van der Waals surface area contributed by atoms with Crippen molar-refractivity contribution in [2.24, 2.45) is 11.8 Å². The van der Waals surface area contributed by atoms with E-state index in [9.17, 15) is 5.11 Å². The van der Waals surface area contributed by atoms with Crippen LogP contribution < -0.4 is 0 Å². The van der Waals surface area contributed by atoms with E-state index in [-0.39, 0.29) is 6.10 Å². The third-order valence-electron chi connectivity index (χ3n) is 4.36. The third kappa shape index (κ3) is 3.62. The average molecular weight is 222 g/mol. The monoisotopic (exact) mass is 222 g/mol. The van der Waals surface area contributed by atoms with Gasteiger partial charge in [-0.25, -0.2) is 0 Å². The van der Waals surface area contributed by atoms with Gasteiger partial charge in [-0.3, -0.25) is 0 Å². The van der Waals surface area contributed by atoms with E-state index in [2.05, 4.69) is 12.2 Å². The van der Waals surface area contributed by atoms with Gasteiger partial charge in [0.15, 0.2) is 0 Å². The Balaban J connectivity index is 1.70. The highest BCUT2D eigenvalue weighted by Crippen LogP contribution is 2.28. The highest BCUT2D eigenvalue weighted by molar-refractivity contribution is 4.94. The molecule has 0 aromatic heterocycles. The van der Waals surface area contributed by atoms with E-state index in [4.69, 9.17) is 0 Å². The van der Waals surface area contributed by atoms with E-state index in [1.165, 1.54) is 57.8 Å². The number of allylic oxidation sites excluding steroid dienone is 1. The van der Waals surface area contributed by atoms with Crippen molar-refractivity contribution in [3.8, 4) is 0 Å². The van der Waals surface area contributed by atoms with Gasteiger partial charge in [0.05, 0.1) is 6.10 Å². The molecule has 0 bridgehead atoms. The van der Waals surface area contributed by atoms with Crippen LogP contribution in [0, 0.1) is 11.8 Å². The number of aliphatic hydroxyl groups is 1. The van der Waals surface area contributed by atoms with Crippen molar-refractivity contribution < 1.29 is 5.11 Å². The van der Waals surface area contributed by atoms with Crippen LogP contribution in [0.25, 0.3) is 0 Å². The van der Waals surface area contributed by atoms with Crippen molar-refractivity contribution >= 4 is 0 Å². The van der Waals surface area contributed by atoms with Gasteiger partial charge in [0.25, 0.3) is 0 Å². The summed E-state index contributed by atoms with van der Waals surface area (Å²) in [5.74, 6) is 1.39. The molecule has 0 aromatic carbocycles. The predicted molar refractivity (Wildman–Crippen MR) is 68.3 cm³/mol. The highest BCUT2D eigenvalue weighted by atomic mass is 16.3. The zero-order valence-electron chi connectivity index (χ0n) is 10.4. The maximum absolute atomic E-state index is 9.85. The second-order valence-electron chi connectivity index (χ2n) is 5.68. The van der Waals surface area contributed by atoms with Crippen molar-refractivity contribution in [3.63, 3.8) is 0 Å². The van der Waals surface area contributed by atoms with Crippen molar-refractivity contribution in [2.45, 2.75) is 70.3 Å². The van der Waals surface area contributed by atoms with Crippen molar-refractivity contribution in [1.29, 1.82) is 0 Å². The average Bonchev–Trinajstić information content (AvgIpc) is 2.33. The van der Waals surface area contributed by atoms with E-state index >= 15 is 0 Å². The fourth-order valence-electron chi connectivity index (χ4n) is 3.23. The smallest absolute Gasteiger partial charge is 0.0602 e. The molecule has 2 fully saturated rings. The second-order valence-corrected chi connectivity index (χ2v) is 5.68. The zero-order valence-corrected chi connectivity index (χ0v) is 10.4. The lowest BCUT2D eigenvalue weighted by Crippen LogP contribution is -2.22. The van der Waals surface area contributed by atoms with E-state index in [0.29, 0.717) is 5.92 Å². The normalized spacial score (nSPS) is 33.3. The number of aliphatic hydroxyl groups excluding tert-OH is 1. The molecule has 0 spiro atoms. The van der Waals surface area contributed by atoms with Crippen molar-refractivity contribution in [3.05, 3.63) is 12.2 Å². The Labute approximate surface area is 99.9 Å². The number of hydrogen-bond donors (Lipinski definition) is 1. The summed E-state index contributed by atoms with van der Waals surface area (Å²) in [6.07, 6.45) is 17.8. The number of rotatable bonds is 3. The van der Waals surface area contributed by atoms with Crippen LogP contribution >= 0.6 is 0 Å². The van der Waals surface area contributed by atoms with Gasteiger partial charge < -0.3 is 5.11 Å². The van der Waals surface area contributed by atoms with E-state index in [1.807, 2.05) is 0 Å². The van der Waals surface area contributed by atoms with E-state index in [0.717, 1.165) is 12.3 Å². The van der Waals surface area contributed by atoms with Crippen LogP contribution in [-0.2, 0) is 0 Å². The first kappa shape index (κ1) is 12.2. The van der Waals surface area contributed by atoms with Gasteiger partial charge in [0, 0.05) is 5.92 Å². The summed E-state index contributed by atoms with van der Waals surface area (Å²) >= 11 is 0. The van der Waals surface area contributed by atoms with Crippen molar-refractivity contribution in [2.75, 3.05) is 0 Å². The molecule has 1 N–H and O–H groups in total. The summed E-state index contributed by atoms with van der Waals surface area (Å²) in [5, 5.41) is 9.85.